The number of nitrogens with zero attached hydrogens (tertiary/aromatic N) is 2. The number of rotatable bonds is 4. The molecule has 22 heavy (non-hydrogen) atoms. The van der Waals surface area contributed by atoms with E-state index < -0.39 is 0 Å². The maximum atomic E-state index is 6.04. The van der Waals surface area contributed by atoms with Crippen molar-refractivity contribution in [2.24, 2.45) is 10.7 Å². The highest BCUT2D eigenvalue weighted by Gasteiger charge is 2.33. The smallest absolute Gasteiger partial charge is 0.193 e. The maximum Gasteiger partial charge on any atom is 0.193 e. The molecule has 2 aliphatic rings. The third kappa shape index (κ3) is 3.80. The Hall–Kier alpha value is -1.55. The molecule has 1 aliphatic heterocycles. The first-order chi connectivity index (χ1) is 10.7. The van der Waals surface area contributed by atoms with Crippen LogP contribution in [0.3, 0.4) is 0 Å². The summed E-state index contributed by atoms with van der Waals surface area (Å²) in [6.07, 6.45) is 7.51. The molecular formula is C18H28N4. The quantitative estimate of drug-likeness (QED) is 0.664. The third-order valence-electron chi connectivity index (χ3n) is 4.95. The van der Waals surface area contributed by atoms with E-state index in [4.69, 9.17) is 5.73 Å². The lowest BCUT2D eigenvalue weighted by atomic mass is 9.85. The van der Waals surface area contributed by atoms with Crippen LogP contribution >= 0.6 is 0 Å². The number of piperidine rings is 1. The van der Waals surface area contributed by atoms with E-state index in [1.165, 1.54) is 37.9 Å². The molecule has 0 aromatic heterocycles. The van der Waals surface area contributed by atoms with Gasteiger partial charge in [0.1, 0.15) is 0 Å². The molecule has 1 saturated heterocycles. The van der Waals surface area contributed by atoms with Crippen molar-refractivity contribution in [3.63, 3.8) is 0 Å². The molecule has 3 rings (SSSR count). The van der Waals surface area contributed by atoms with E-state index >= 15 is 0 Å². The van der Waals surface area contributed by atoms with Crippen LogP contribution in [0.5, 0.6) is 0 Å². The van der Waals surface area contributed by atoms with Crippen molar-refractivity contribution < 1.29 is 0 Å². The van der Waals surface area contributed by atoms with Gasteiger partial charge < -0.3 is 16.0 Å². The highest BCUT2D eigenvalue weighted by atomic mass is 15.2. The molecule has 1 saturated carbocycles. The van der Waals surface area contributed by atoms with Crippen LogP contribution in [0.1, 0.15) is 44.6 Å². The number of nitrogens with two attached hydrogens (primary N) is 1. The Bertz CT molecular complexity index is 496. The summed E-state index contributed by atoms with van der Waals surface area (Å²) >= 11 is 0. The van der Waals surface area contributed by atoms with Crippen LogP contribution in [0, 0.1) is 0 Å². The van der Waals surface area contributed by atoms with Gasteiger partial charge >= 0.3 is 0 Å². The van der Waals surface area contributed by atoms with Gasteiger partial charge in [-0.15, -0.1) is 0 Å². The van der Waals surface area contributed by atoms with Gasteiger partial charge in [0.05, 0.1) is 6.04 Å². The topological polar surface area (TPSA) is 53.6 Å². The number of hydrogen-bond donors (Lipinski definition) is 2. The normalized spacial score (nSPS) is 26.5. The van der Waals surface area contributed by atoms with Gasteiger partial charge in [0.15, 0.2) is 5.96 Å². The number of benzene rings is 1. The van der Waals surface area contributed by atoms with Crippen molar-refractivity contribution in [2.45, 2.75) is 57.5 Å². The molecule has 120 valence electrons. The second-order valence-electron chi connectivity index (χ2n) is 6.57. The van der Waals surface area contributed by atoms with Gasteiger partial charge in [0.2, 0.25) is 0 Å². The van der Waals surface area contributed by atoms with E-state index in [0.717, 1.165) is 31.0 Å². The summed E-state index contributed by atoms with van der Waals surface area (Å²) in [4.78, 5) is 7.26. The number of aryl methyl sites for hydroxylation is 1. The van der Waals surface area contributed by atoms with Crippen LogP contribution in [0.2, 0.25) is 0 Å². The monoisotopic (exact) mass is 300 g/mol. The molecule has 1 aromatic carbocycles. The fourth-order valence-corrected chi connectivity index (χ4v) is 3.45. The lowest BCUT2D eigenvalue weighted by molar-refractivity contribution is 0.0912. The first-order valence-corrected chi connectivity index (χ1v) is 8.68. The Morgan fingerprint density at radius 1 is 1.18 bits per heavy atom. The molecule has 0 unspecified atom stereocenters. The number of aliphatic imine (C=N–C) groups is 1. The van der Waals surface area contributed by atoms with E-state index in [2.05, 4.69) is 46.4 Å². The van der Waals surface area contributed by atoms with Gasteiger partial charge in [-0.2, -0.15) is 0 Å². The van der Waals surface area contributed by atoms with E-state index in [0.29, 0.717) is 12.0 Å². The molecule has 1 aliphatic carbocycles. The van der Waals surface area contributed by atoms with Gasteiger partial charge in [-0.3, -0.25) is 0 Å². The largest absolute Gasteiger partial charge is 0.370 e. The Labute approximate surface area is 133 Å². The zero-order chi connectivity index (χ0) is 15.4. The molecule has 0 bridgehead atoms. The van der Waals surface area contributed by atoms with Crippen molar-refractivity contribution in [1.82, 2.24) is 4.90 Å². The molecule has 0 atom stereocenters. The molecule has 3 N–H and O–H groups in total. The Balaban J connectivity index is 1.46. The standard InChI is InChI=1S/C18H28N4/c1-2-14-6-8-15(9-7-14)20-18(19)21-16-12-17(13-16)22-10-4-3-5-11-22/h6-9,16-17H,2-5,10-13H2,1H3,(H3,19,20,21). The van der Waals surface area contributed by atoms with E-state index in [1.54, 1.807) is 0 Å². The number of guanidine groups is 1. The summed E-state index contributed by atoms with van der Waals surface area (Å²) in [5, 5.41) is 3.20. The van der Waals surface area contributed by atoms with E-state index in [9.17, 15) is 0 Å². The Morgan fingerprint density at radius 2 is 1.86 bits per heavy atom. The summed E-state index contributed by atoms with van der Waals surface area (Å²) in [5.74, 6) is 0.548. The summed E-state index contributed by atoms with van der Waals surface area (Å²) in [7, 11) is 0. The van der Waals surface area contributed by atoms with Crippen molar-refractivity contribution in [3.8, 4) is 0 Å². The molecule has 2 fully saturated rings. The number of nitrogens with one attached hydrogen (secondary N) is 1. The number of anilines is 1. The predicted molar refractivity (Wildman–Crippen MR) is 93.3 cm³/mol. The van der Waals surface area contributed by atoms with Crippen molar-refractivity contribution in [3.05, 3.63) is 29.8 Å². The van der Waals surface area contributed by atoms with Gasteiger partial charge in [-0.05, 0) is 62.9 Å². The zero-order valence-electron chi connectivity index (χ0n) is 13.6. The lowest BCUT2D eigenvalue weighted by Gasteiger charge is -2.43. The highest BCUT2D eigenvalue weighted by molar-refractivity contribution is 5.92. The predicted octanol–water partition coefficient (Wildman–Crippen LogP) is 2.99. The molecule has 0 spiro atoms. The minimum Gasteiger partial charge on any atom is -0.370 e. The Morgan fingerprint density at radius 3 is 2.50 bits per heavy atom. The first kappa shape index (κ1) is 15.3. The van der Waals surface area contributed by atoms with Crippen LogP contribution in [0.25, 0.3) is 0 Å². The first-order valence-electron chi connectivity index (χ1n) is 8.68. The van der Waals surface area contributed by atoms with Crippen molar-refractivity contribution in [1.29, 1.82) is 0 Å². The van der Waals surface area contributed by atoms with Crippen LogP contribution in [0.4, 0.5) is 5.69 Å². The average Bonchev–Trinajstić information content (AvgIpc) is 2.52. The minimum absolute atomic E-state index is 0.398. The summed E-state index contributed by atoms with van der Waals surface area (Å²) < 4.78 is 0. The number of likely N-dealkylation sites (tertiary alicyclic amines) is 1. The van der Waals surface area contributed by atoms with E-state index in [-0.39, 0.29) is 0 Å². The van der Waals surface area contributed by atoms with Crippen molar-refractivity contribution >= 4 is 11.6 Å². The fraction of sp³-hybridized carbons (Fsp3) is 0.611. The SMILES string of the molecule is CCc1ccc(NC(N)=NC2CC(N3CCCCC3)C2)cc1. The second-order valence-corrected chi connectivity index (χ2v) is 6.57. The second kappa shape index (κ2) is 7.14. The summed E-state index contributed by atoms with van der Waals surface area (Å²) in [5.41, 5.74) is 8.39. The van der Waals surface area contributed by atoms with Crippen LogP contribution in [-0.4, -0.2) is 36.0 Å². The fourth-order valence-electron chi connectivity index (χ4n) is 3.45. The minimum atomic E-state index is 0.398. The Kier molecular flexibility index (Phi) is 4.98. The zero-order valence-corrected chi connectivity index (χ0v) is 13.6. The molecule has 0 radical (unpaired) electrons. The molecule has 0 amide bonds. The molecule has 1 heterocycles. The van der Waals surface area contributed by atoms with Gasteiger partial charge in [0.25, 0.3) is 0 Å². The lowest BCUT2D eigenvalue weighted by Crippen LogP contribution is -2.49. The van der Waals surface area contributed by atoms with Crippen LogP contribution < -0.4 is 11.1 Å². The summed E-state index contributed by atoms with van der Waals surface area (Å²) in [6, 6.07) is 9.54. The van der Waals surface area contributed by atoms with E-state index in [1.807, 2.05) is 0 Å². The molecule has 4 nitrogen and oxygen atoms in total. The maximum absolute atomic E-state index is 6.04. The van der Waals surface area contributed by atoms with Gasteiger partial charge in [-0.1, -0.05) is 25.5 Å². The molecular weight excluding hydrogens is 272 g/mol. The summed E-state index contributed by atoms with van der Waals surface area (Å²) in [6.45, 7) is 4.71. The average molecular weight is 300 g/mol. The van der Waals surface area contributed by atoms with Crippen molar-refractivity contribution in [2.75, 3.05) is 18.4 Å². The molecule has 1 aromatic rings. The van der Waals surface area contributed by atoms with Gasteiger partial charge in [0, 0.05) is 11.7 Å². The molecule has 4 heteroatoms. The highest BCUT2D eigenvalue weighted by Crippen LogP contribution is 2.30. The van der Waals surface area contributed by atoms with Gasteiger partial charge in [-0.25, -0.2) is 4.99 Å². The van der Waals surface area contributed by atoms with Crippen LogP contribution in [0.15, 0.2) is 29.3 Å². The number of hydrogen-bond acceptors (Lipinski definition) is 2. The van der Waals surface area contributed by atoms with Crippen LogP contribution in [-0.2, 0) is 6.42 Å². The third-order valence-corrected chi connectivity index (χ3v) is 4.95.